The first-order valence-corrected chi connectivity index (χ1v) is 7.12. The van der Waals surface area contributed by atoms with Gasteiger partial charge in [-0.25, -0.2) is 0 Å². The van der Waals surface area contributed by atoms with E-state index in [4.69, 9.17) is 4.74 Å². The van der Waals surface area contributed by atoms with Gasteiger partial charge in [-0.05, 0) is 49.1 Å². The summed E-state index contributed by atoms with van der Waals surface area (Å²) in [6.07, 6.45) is 3.82. The monoisotopic (exact) mass is 278 g/mol. The third-order valence-electron chi connectivity index (χ3n) is 4.51. The van der Waals surface area contributed by atoms with Gasteiger partial charge < -0.3 is 14.9 Å². The van der Waals surface area contributed by atoms with Crippen LogP contribution in [0.2, 0.25) is 0 Å². The first-order chi connectivity index (χ1) is 9.52. The smallest absolute Gasteiger partial charge is 0.308 e. The van der Waals surface area contributed by atoms with Crippen molar-refractivity contribution in [2.75, 3.05) is 7.11 Å². The number of carbonyl (C=O) groups is 1. The lowest BCUT2D eigenvalue weighted by molar-refractivity contribution is -0.147. The molecule has 0 aromatic heterocycles. The minimum absolute atomic E-state index is 0.0608. The fraction of sp³-hybridized carbons (Fsp3) is 0.562. The number of benzene rings is 1. The molecule has 1 saturated carbocycles. The number of phenolic OH excluding ortho intramolecular Hbond substituents is 2. The molecule has 0 heterocycles. The minimum Gasteiger partial charge on any atom is -0.508 e. The maximum absolute atomic E-state index is 11.6. The van der Waals surface area contributed by atoms with Crippen LogP contribution in [0.4, 0.5) is 0 Å². The summed E-state index contributed by atoms with van der Waals surface area (Å²) in [5.74, 6) is 0.707. The summed E-state index contributed by atoms with van der Waals surface area (Å²) in [5.41, 5.74) is 0.895. The average Bonchev–Trinajstić information content (AvgIpc) is 2.46. The van der Waals surface area contributed by atoms with Crippen LogP contribution in [0.5, 0.6) is 11.5 Å². The molecule has 0 bridgehead atoms. The van der Waals surface area contributed by atoms with Crippen molar-refractivity contribution in [3.63, 3.8) is 0 Å². The standard InChI is InChI=1S/C16H22O4/c1-10(16(19)20-2)11-3-5-12(6-4-11)14-8-7-13(17)9-15(14)18/h7-12,17-18H,3-6H2,1-2H3. The number of ether oxygens (including phenoxy) is 1. The van der Waals surface area contributed by atoms with Gasteiger partial charge >= 0.3 is 5.97 Å². The van der Waals surface area contributed by atoms with Gasteiger partial charge in [-0.3, -0.25) is 4.79 Å². The van der Waals surface area contributed by atoms with Gasteiger partial charge in [0.2, 0.25) is 0 Å². The Balaban J connectivity index is 1.99. The van der Waals surface area contributed by atoms with Crippen molar-refractivity contribution in [1.29, 1.82) is 0 Å². The van der Waals surface area contributed by atoms with Crippen molar-refractivity contribution >= 4 is 5.97 Å². The van der Waals surface area contributed by atoms with E-state index in [-0.39, 0.29) is 23.4 Å². The van der Waals surface area contributed by atoms with Crippen LogP contribution in [0.3, 0.4) is 0 Å². The lowest BCUT2D eigenvalue weighted by atomic mass is 9.74. The minimum atomic E-state index is -0.138. The maximum Gasteiger partial charge on any atom is 0.308 e. The molecule has 4 heteroatoms. The lowest BCUT2D eigenvalue weighted by Gasteiger charge is -2.31. The van der Waals surface area contributed by atoms with Gasteiger partial charge in [0.25, 0.3) is 0 Å². The van der Waals surface area contributed by atoms with Crippen LogP contribution >= 0.6 is 0 Å². The molecular formula is C16H22O4. The van der Waals surface area contributed by atoms with Gasteiger partial charge in [-0.2, -0.15) is 0 Å². The molecule has 2 N–H and O–H groups in total. The van der Waals surface area contributed by atoms with Crippen molar-refractivity contribution in [1.82, 2.24) is 0 Å². The molecule has 0 amide bonds. The zero-order valence-electron chi connectivity index (χ0n) is 12.0. The maximum atomic E-state index is 11.6. The number of hydrogen-bond acceptors (Lipinski definition) is 4. The highest BCUT2D eigenvalue weighted by Crippen LogP contribution is 2.42. The fourth-order valence-corrected chi connectivity index (χ4v) is 3.19. The van der Waals surface area contributed by atoms with Crippen LogP contribution in [0.25, 0.3) is 0 Å². The van der Waals surface area contributed by atoms with E-state index in [1.165, 1.54) is 13.2 Å². The van der Waals surface area contributed by atoms with Crippen LogP contribution in [0.1, 0.15) is 44.1 Å². The van der Waals surface area contributed by atoms with Gasteiger partial charge in [0.05, 0.1) is 13.0 Å². The topological polar surface area (TPSA) is 66.8 Å². The van der Waals surface area contributed by atoms with Crippen molar-refractivity contribution in [3.05, 3.63) is 23.8 Å². The SMILES string of the molecule is COC(=O)C(C)C1CCC(c2ccc(O)cc2O)CC1. The molecule has 1 aliphatic rings. The first kappa shape index (κ1) is 14.7. The summed E-state index contributed by atoms with van der Waals surface area (Å²) < 4.78 is 4.80. The Labute approximate surface area is 119 Å². The molecular weight excluding hydrogens is 256 g/mol. The van der Waals surface area contributed by atoms with Gasteiger partial charge in [-0.1, -0.05) is 13.0 Å². The molecule has 1 aromatic carbocycles. The largest absolute Gasteiger partial charge is 0.508 e. The summed E-state index contributed by atoms with van der Waals surface area (Å²) in [6.45, 7) is 1.93. The molecule has 0 aliphatic heterocycles. The Hall–Kier alpha value is -1.71. The molecule has 0 saturated heterocycles. The van der Waals surface area contributed by atoms with Crippen molar-refractivity contribution in [2.45, 2.75) is 38.5 Å². The molecule has 0 radical (unpaired) electrons. The Bertz CT molecular complexity index is 475. The van der Waals surface area contributed by atoms with E-state index in [2.05, 4.69) is 0 Å². The Kier molecular flexibility index (Phi) is 4.53. The Morgan fingerprint density at radius 1 is 1.25 bits per heavy atom. The summed E-state index contributed by atoms with van der Waals surface area (Å²) in [7, 11) is 1.43. The van der Waals surface area contributed by atoms with E-state index in [0.717, 1.165) is 31.2 Å². The predicted molar refractivity (Wildman–Crippen MR) is 75.7 cm³/mol. The molecule has 1 atom stereocenters. The summed E-state index contributed by atoms with van der Waals surface area (Å²) in [6, 6.07) is 4.79. The van der Waals surface area contributed by atoms with Gasteiger partial charge in [-0.15, -0.1) is 0 Å². The lowest BCUT2D eigenvalue weighted by Crippen LogP contribution is -2.26. The molecule has 1 unspecified atom stereocenters. The Morgan fingerprint density at radius 2 is 1.90 bits per heavy atom. The highest BCUT2D eigenvalue weighted by molar-refractivity contribution is 5.72. The number of methoxy groups -OCH3 is 1. The van der Waals surface area contributed by atoms with E-state index < -0.39 is 0 Å². The van der Waals surface area contributed by atoms with E-state index in [1.807, 2.05) is 6.92 Å². The van der Waals surface area contributed by atoms with Crippen LogP contribution in [-0.2, 0) is 9.53 Å². The zero-order valence-corrected chi connectivity index (χ0v) is 12.0. The van der Waals surface area contributed by atoms with E-state index >= 15 is 0 Å². The van der Waals surface area contributed by atoms with Crippen molar-refractivity contribution < 1.29 is 19.7 Å². The quantitative estimate of drug-likeness (QED) is 0.833. The number of phenols is 2. The highest BCUT2D eigenvalue weighted by Gasteiger charge is 2.30. The number of esters is 1. The van der Waals surface area contributed by atoms with Gasteiger partial charge in [0.15, 0.2) is 0 Å². The first-order valence-electron chi connectivity index (χ1n) is 7.12. The average molecular weight is 278 g/mol. The van der Waals surface area contributed by atoms with Crippen LogP contribution in [0, 0.1) is 11.8 Å². The second-order valence-electron chi connectivity index (χ2n) is 5.67. The van der Waals surface area contributed by atoms with Crippen LogP contribution in [0.15, 0.2) is 18.2 Å². The highest BCUT2D eigenvalue weighted by atomic mass is 16.5. The molecule has 0 spiro atoms. The predicted octanol–water partition coefficient (Wildman–Crippen LogP) is 3.18. The number of carbonyl (C=O) groups excluding carboxylic acids is 1. The number of hydrogen-bond donors (Lipinski definition) is 2. The van der Waals surface area contributed by atoms with Crippen molar-refractivity contribution in [2.24, 2.45) is 11.8 Å². The molecule has 1 fully saturated rings. The van der Waals surface area contributed by atoms with E-state index in [9.17, 15) is 15.0 Å². The molecule has 1 aliphatic carbocycles. The molecule has 110 valence electrons. The van der Waals surface area contributed by atoms with Crippen LogP contribution in [-0.4, -0.2) is 23.3 Å². The van der Waals surface area contributed by atoms with Gasteiger partial charge in [0, 0.05) is 6.07 Å². The van der Waals surface area contributed by atoms with Gasteiger partial charge in [0.1, 0.15) is 11.5 Å². The second kappa shape index (κ2) is 6.16. The number of aromatic hydroxyl groups is 2. The molecule has 1 aromatic rings. The van der Waals surface area contributed by atoms with Crippen LogP contribution < -0.4 is 0 Å². The molecule has 4 nitrogen and oxygen atoms in total. The fourth-order valence-electron chi connectivity index (χ4n) is 3.19. The summed E-state index contributed by atoms with van der Waals surface area (Å²) >= 11 is 0. The second-order valence-corrected chi connectivity index (χ2v) is 5.67. The summed E-state index contributed by atoms with van der Waals surface area (Å²) in [4.78, 5) is 11.6. The molecule has 20 heavy (non-hydrogen) atoms. The van der Waals surface area contributed by atoms with Crippen molar-refractivity contribution in [3.8, 4) is 11.5 Å². The third kappa shape index (κ3) is 3.06. The summed E-state index contributed by atoms with van der Waals surface area (Å²) in [5, 5.41) is 19.2. The molecule has 2 rings (SSSR count). The Morgan fingerprint density at radius 3 is 2.45 bits per heavy atom. The van der Waals surface area contributed by atoms with E-state index in [1.54, 1.807) is 12.1 Å². The zero-order chi connectivity index (χ0) is 14.7. The third-order valence-corrected chi connectivity index (χ3v) is 4.51. The normalized spacial score (nSPS) is 24.1. The van der Waals surface area contributed by atoms with E-state index in [0.29, 0.717) is 11.8 Å². The number of rotatable bonds is 3.